The van der Waals surface area contributed by atoms with Crippen LogP contribution in [0, 0.1) is 5.82 Å². The van der Waals surface area contributed by atoms with Gasteiger partial charge in [-0.25, -0.2) is 4.39 Å². The average molecular weight is 416 g/mol. The molecule has 0 unspecified atom stereocenters. The highest BCUT2D eigenvalue weighted by atomic mass is 35.5. The van der Waals surface area contributed by atoms with Crippen LogP contribution in [0.3, 0.4) is 0 Å². The second-order valence-corrected chi connectivity index (χ2v) is 6.79. The first-order valence-corrected chi connectivity index (χ1v) is 9.14. The van der Waals surface area contributed by atoms with Gasteiger partial charge >= 0.3 is 0 Å². The lowest BCUT2D eigenvalue weighted by molar-refractivity contribution is -0.576. The molecule has 3 aromatic rings. The van der Waals surface area contributed by atoms with Crippen LogP contribution in [0.4, 0.5) is 10.1 Å². The van der Waals surface area contributed by atoms with E-state index in [1.807, 2.05) is 0 Å². The van der Waals surface area contributed by atoms with Crippen LogP contribution >= 0.6 is 23.8 Å². The SMILES string of the molecule is OCc1ccc[n+](/C(C(=S)Nc2ccc(F)cc2)=C(\O)c2ccc(Cl)cc2)c1. The summed E-state index contributed by atoms with van der Waals surface area (Å²) in [5.41, 5.74) is 2.04. The molecule has 0 saturated carbocycles. The Bertz CT molecular complexity index is 1020. The van der Waals surface area contributed by atoms with Crippen LogP contribution in [-0.2, 0) is 6.61 Å². The molecule has 0 atom stereocenters. The molecule has 0 saturated heterocycles. The van der Waals surface area contributed by atoms with E-state index in [2.05, 4.69) is 5.32 Å². The molecular weight excluding hydrogens is 399 g/mol. The van der Waals surface area contributed by atoms with Gasteiger partial charge in [-0.1, -0.05) is 23.8 Å². The number of anilines is 1. The number of hydrogen-bond donors (Lipinski definition) is 3. The van der Waals surface area contributed by atoms with E-state index in [9.17, 15) is 14.6 Å². The minimum Gasteiger partial charge on any atom is -0.502 e. The van der Waals surface area contributed by atoms with Gasteiger partial charge < -0.3 is 15.5 Å². The average Bonchev–Trinajstić information content (AvgIpc) is 2.70. The van der Waals surface area contributed by atoms with Gasteiger partial charge in [0.05, 0.1) is 6.61 Å². The van der Waals surface area contributed by atoms with Gasteiger partial charge in [-0.2, -0.15) is 4.57 Å². The highest BCUT2D eigenvalue weighted by molar-refractivity contribution is 7.81. The van der Waals surface area contributed by atoms with E-state index in [1.165, 1.54) is 12.1 Å². The van der Waals surface area contributed by atoms with Gasteiger partial charge in [-0.05, 0) is 54.6 Å². The van der Waals surface area contributed by atoms with Gasteiger partial charge in [0, 0.05) is 27.9 Å². The summed E-state index contributed by atoms with van der Waals surface area (Å²) in [6.45, 7) is -0.159. The topological polar surface area (TPSA) is 56.4 Å². The normalized spacial score (nSPS) is 11.7. The molecule has 0 spiro atoms. The minimum atomic E-state index is -0.360. The number of aliphatic hydroxyl groups is 2. The first-order valence-electron chi connectivity index (χ1n) is 8.35. The zero-order valence-corrected chi connectivity index (χ0v) is 16.2. The Labute approximate surface area is 172 Å². The third-order valence-electron chi connectivity index (χ3n) is 3.96. The monoisotopic (exact) mass is 415 g/mol. The van der Waals surface area contributed by atoms with Gasteiger partial charge in [0.25, 0.3) is 5.70 Å². The largest absolute Gasteiger partial charge is 0.502 e. The van der Waals surface area contributed by atoms with Crippen LogP contribution < -0.4 is 9.88 Å². The van der Waals surface area contributed by atoms with Crippen molar-refractivity contribution in [2.75, 3.05) is 5.32 Å². The van der Waals surface area contributed by atoms with Crippen LogP contribution in [-0.4, -0.2) is 15.2 Å². The molecule has 0 aliphatic carbocycles. The summed E-state index contributed by atoms with van der Waals surface area (Å²) in [5, 5.41) is 23.9. The molecule has 28 heavy (non-hydrogen) atoms. The summed E-state index contributed by atoms with van der Waals surface area (Å²) in [6.07, 6.45) is 3.37. The predicted molar refractivity (Wildman–Crippen MR) is 112 cm³/mol. The molecule has 2 aromatic carbocycles. The maximum Gasteiger partial charge on any atom is 0.288 e. The third-order valence-corrected chi connectivity index (χ3v) is 4.51. The number of pyridine rings is 1. The summed E-state index contributed by atoms with van der Waals surface area (Å²) in [5.74, 6) is -0.433. The van der Waals surface area contributed by atoms with Crippen LogP contribution in [0.25, 0.3) is 11.5 Å². The van der Waals surface area contributed by atoms with Gasteiger partial charge in [-0.15, -0.1) is 0 Å². The lowest BCUT2D eigenvalue weighted by atomic mass is 10.1. The zero-order chi connectivity index (χ0) is 20.1. The van der Waals surface area contributed by atoms with Crippen molar-refractivity contribution in [3.63, 3.8) is 0 Å². The maximum absolute atomic E-state index is 13.2. The highest BCUT2D eigenvalue weighted by Gasteiger charge is 2.24. The van der Waals surface area contributed by atoms with Crippen molar-refractivity contribution in [3.8, 4) is 0 Å². The van der Waals surface area contributed by atoms with E-state index in [-0.39, 0.29) is 23.2 Å². The number of rotatable bonds is 5. The van der Waals surface area contributed by atoms with Crippen molar-refractivity contribution in [3.05, 3.63) is 95.0 Å². The van der Waals surface area contributed by atoms with E-state index < -0.39 is 0 Å². The smallest absolute Gasteiger partial charge is 0.288 e. The fourth-order valence-corrected chi connectivity index (χ4v) is 3.02. The van der Waals surface area contributed by atoms with E-state index in [0.717, 1.165) is 0 Å². The number of halogens is 2. The number of thiocarbonyl (C=S) groups is 1. The number of nitrogens with one attached hydrogen (secondary N) is 1. The predicted octanol–water partition coefficient (Wildman–Crippen LogP) is 4.58. The van der Waals surface area contributed by atoms with Crippen molar-refractivity contribution < 1.29 is 19.2 Å². The Morgan fingerprint density at radius 2 is 1.75 bits per heavy atom. The van der Waals surface area contributed by atoms with E-state index in [0.29, 0.717) is 27.5 Å². The van der Waals surface area contributed by atoms with E-state index in [4.69, 9.17) is 23.8 Å². The number of nitrogens with zero attached hydrogens (tertiary/aromatic N) is 1. The Balaban J connectivity index is 2.07. The van der Waals surface area contributed by atoms with Gasteiger partial charge in [0.2, 0.25) is 0 Å². The Morgan fingerprint density at radius 1 is 1.07 bits per heavy atom. The van der Waals surface area contributed by atoms with Crippen molar-refractivity contribution in [2.24, 2.45) is 0 Å². The molecule has 1 aromatic heterocycles. The molecule has 142 valence electrons. The summed E-state index contributed by atoms with van der Waals surface area (Å²) in [4.78, 5) is 0.221. The van der Waals surface area contributed by atoms with Gasteiger partial charge in [-0.3, -0.25) is 0 Å². The number of hydrogen-bond acceptors (Lipinski definition) is 3. The lowest BCUT2D eigenvalue weighted by Gasteiger charge is -2.11. The van der Waals surface area contributed by atoms with Crippen molar-refractivity contribution in [1.29, 1.82) is 0 Å². The Morgan fingerprint density at radius 3 is 2.39 bits per heavy atom. The number of aliphatic hydroxyl groups excluding tert-OH is 2. The van der Waals surface area contributed by atoms with Crippen molar-refractivity contribution >= 4 is 46.0 Å². The second kappa shape index (κ2) is 8.93. The summed E-state index contributed by atoms with van der Waals surface area (Å²) in [7, 11) is 0. The number of benzene rings is 2. The molecule has 0 fully saturated rings. The van der Waals surface area contributed by atoms with E-state index in [1.54, 1.807) is 65.5 Å². The quantitative estimate of drug-likeness (QED) is 0.247. The number of aromatic nitrogens is 1. The molecule has 0 amide bonds. The first kappa shape index (κ1) is 19.9. The van der Waals surface area contributed by atoms with Crippen molar-refractivity contribution in [1.82, 2.24) is 0 Å². The maximum atomic E-state index is 13.2. The summed E-state index contributed by atoms with van der Waals surface area (Å²) >= 11 is 11.5. The Hall–Kier alpha value is -2.80. The molecule has 7 heteroatoms. The molecule has 0 radical (unpaired) electrons. The second-order valence-electron chi connectivity index (χ2n) is 5.94. The molecule has 4 nitrogen and oxygen atoms in total. The molecule has 0 bridgehead atoms. The van der Waals surface area contributed by atoms with Crippen LogP contribution in [0.2, 0.25) is 5.02 Å². The molecule has 3 rings (SSSR count). The summed E-state index contributed by atoms with van der Waals surface area (Å²) in [6, 6.07) is 15.9. The zero-order valence-electron chi connectivity index (χ0n) is 14.6. The molecule has 0 aliphatic rings. The van der Waals surface area contributed by atoms with Crippen LogP contribution in [0.5, 0.6) is 0 Å². The minimum absolute atomic E-state index is 0.0728. The lowest BCUT2D eigenvalue weighted by Crippen LogP contribution is -2.39. The molecule has 1 heterocycles. The highest BCUT2D eigenvalue weighted by Crippen LogP contribution is 2.21. The third kappa shape index (κ3) is 4.72. The fourth-order valence-electron chi connectivity index (χ4n) is 2.57. The van der Waals surface area contributed by atoms with Crippen molar-refractivity contribution in [2.45, 2.75) is 6.61 Å². The molecular formula is C21H17ClFN2O2S+. The van der Waals surface area contributed by atoms with E-state index >= 15 is 0 Å². The molecule has 3 N–H and O–H groups in total. The van der Waals surface area contributed by atoms with Gasteiger partial charge in [0.1, 0.15) is 5.82 Å². The van der Waals surface area contributed by atoms with Crippen LogP contribution in [0.15, 0.2) is 73.1 Å². The summed E-state index contributed by atoms with van der Waals surface area (Å²) < 4.78 is 14.8. The molecule has 0 aliphatic heterocycles. The standard InChI is InChI=1S/C21H16ClFN2O2S/c22-16-5-3-15(4-6-16)20(27)19(25-11-1-2-14(12-25)13-26)21(28)24-18-9-7-17(23)8-10-18/h1-12,26H,13H2,(H-,24,27,28)/p+1. The van der Waals surface area contributed by atoms with Crippen LogP contribution in [0.1, 0.15) is 11.1 Å². The Kier molecular flexibility index (Phi) is 6.36. The fraction of sp³-hybridized carbons (Fsp3) is 0.0476. The van der Waals surface area contributed by atoms with Gasteiger partial charge in [0.15, 0.2) is 23.1 Å². The first-order chi connectivity index (χ1) is 13.5.